The van der Waals surface area contributed by atoms with Crippen LogP contribution in [-0.4, -0.2) is 19.5 Å². The van der Waals surface area contributed by atoms with E-state index in [1.165, 1.54) is 4.57 Å². The summed E-state index contributed by atoms with van der Waals surface area (Å²) in [4.78, 5) is 15.0. The van der Waals surface area contributed by atoms with Crippen molar-refractivity contribution in [3.63, 3.8) is 0 Å². The first kappa shape index (κ1) is 21.2. The molecule has 3 heterocycles. The second-order valence-electron chi connectivity index (χ2n) is 11.9. The van der Waals surface area contributed by atoms with E-state index in [1.807, 2.05) is 115 Å². The van der Waals surface area contributed by atoms with E-state index < -0.39 is 36.3 Å². The minimum absolute atomic E-state index is 0.00513. The van der Waals surface area contributed by atoms with Gasteiger partial charge in [-0.3, -0.25) is 0 Å². The van der Waals surface area contributed by atoms with Gasteiger partial charge in [0.15, 0.2) is 17.5 Å². The average Bonchev–Trinajstić information content (AvgIpc) is 3.83. The molecule has 3 aromatic heterocycles. The summed E-state index contributed by atoms with van der Waals surface area (Å²) in [6, 6.07) is 34.7. The monoisotopic (exact) mass is 648 g/mol. The van der Waals surface area contributed by atoms with Gasteiger partial charge in [-0.15, -0.1) is 0 Å². The number of aromatic nitrogens is 4. The lowest BCUT2D eigenvalue weighted by molar-refractivity contribution is 0.669. The predicted molar refractivity (Wildman–Crippen MR) is 203 cm³/mol. The van der Waals surface area contributed by atoms with Crippen LogP contribution in [0.5, 0.6) is 0 Å². The molecule has 0 unspecified atom stereocenters. The van der Waals surface area contributed by atoms with Gasteiger partial charge in [0.2, 0.25) is 0 Å². The second-order valence-corrected chi connectivity index (χ2v) is 11.9. The maximum Gasteiger partial charge on any atom is 0.164 e. The van der Waals surface area contributed by atoms with Crippen LogP contribution in [-0.2, 0) is 0 Å². The highest BCUT2D eigenvalue weighted by Crippen LogP contribution is 2.37. The summed E-state index contributed by atoms with van der Waals surface area (Å²) < 4.78 is 78.1. The first-order valence-electron chi connectivity index (χ1n) is 20.0. The Morgan fingerprint density at radius 3 is 1.70 bits per heavy atom. The highest BCUT2D eigenvalue weighted by Gasteiger charge is 2.18. The van der Waals surface area contributed by atoms with Crippen molar-refractivity contribution in [2.45, 2.75) is 0 Å². The van der Waals surface area contributed by atoms with Gasteiger partial charge in [0.1, 0.15) is 11.2 Å². The topological polar surface area (TPSA) is 56.7 Å². The summed E-state index contributed by atoms with van der Waals surface area (Å²) in [5.41, 5.74) is 5.36. The summed E-state index contributed by atoms with van der Waals surface area (Å²) in [5.74, 6) is 1.10. The lowest BCUT2D eigenvalue weighted by Gasteiger charge is -2.14. The number of benzene rings is 7. The van der Waals surface area contributed by atoms with E-state index in [0.717, 1.165) is 27.5 Å². The van der Waals surface area contributed by atoms with Gasteiger partial charge >= 0.3 is 0 Å². The van der Waals surface area contributed by atoms with Gasteiger partial charge in [0.05, 0.1) is 22.0 Å². The Kier molecular flexibility index (Phi) is 4.83. The number of para-hydroxylation sites is 3. The number of hydrogen-bond donors (Lipinski definition) is 0. The Bertz CT molecular complexity index is 3250. The van der Waals surface area contributed by atoms with Crippen LogP contribution >= 0.6 is 0 Å². The van der Waals surface area contributed by atoms with Crippen LogP contribution in [0.2, 0.25) is 0 Å². The highest BCUT2D eigenvalue weighted by molar-refractivity contribution is 6.09. The van der Waals surface area contributed by atoms with E-state index in [2.05, 4.69) is 0 Å². The van der Waals surface area contributed by atoms with Gasteiger partial charge < -0.3 is 8.98 Å². The van der Waals surface area contributed by atoms with Gasteiger partial charge in [-0.1, -0.05) is 121 Å². The Labute approximate surface area is 299 Å². The zero-order valence-corrected chi connectivity index (χ0v) is 26.2. The fourth-order valence-electron chi connectivity index (χ4n) is 6.56. The molecular formula is C45H28N4O. The molecule has 0 bridgehead atoms. The van der Waals surface area contributed by atoms with Crippen LogP contribution < -0.4 is 0 Å². The van der Waals surface area contributed by atoms with E-state index in [1.54, 1.807) is 6.07 Å². The Balaban J connectivity index is 1.29. The van der Waals surface area contributed by atoms with Crippen molar-refractivity contribution in [3.8, 4) is 51.0 Å². The molecule has 5 nitrogen and oxygen atoms in total. The second kappa shape index (κ2) is 11.4. The molecule has 0 N–H and O–H groups in total. The molecule has 7 aromatic carbocycles. The van der Waals surface area contributed by atoms with E-state index in [-0.39, 0.29) is 33.9 Å². The summed E-state index contributed by atoms with van der Waals surface area (Å²) in [6.07, 6.45) is 0. The molecule has 10 rings (SSSR count). The zero-order valence-electron chi connectivity index (χ0n) is 34.2. The third-order valence-electron chi connectivity index (χ3n) is 8.88. The largest absolute Gasteiger partial charge is 0.456 e. The number of furan rings is 1. The van der Waals surface area contributed by atoms with Gasteiger partial charge in [-0.2, -0.15) is 0 Å². The molecule has 0 spiro atoms. The molecular weight excluding hydrogens is 613 g/mol. The molecule has 5 heteroatoms. The van der Waals surface area contributed by atoms with Gasteiger partial charge in [-0.25, -0.2) is 15.0 Å². The molecule has 0 saturated heterocycles. The molecule has 0 aliphatic heterocycles. The van der Waals surface area contributed by atoms with Crippen LogP contribution in [0.15, 0.2) is 174 Å². The summed E-state index contributed by atoms with van der Waals surface area (Å²) in [6.45, 7) is 0. The fraction of sp³-hybridized carbons (Fsp3) is 0. The Morgan fingerprint density at radius 2 is 0.980 bits per heavy atom. The summed E-state index contributed by atoms with van der Waals surface area (Å²) >= 11 is 0. The van der Waals surface area contributed by atoms with Crippen molar-refractivity contribution in [3.05, 3.63) is 170 Å². The number of rotatable bonds is 5. The number of fused-ring (bicyclic) bond motifs is 6. The Hall–Kier alpha value is -6.85. The van der Waals surface area contributed by atoms with Crippen molar-refractivity contribution in [2.24, 2.45) is 0 Å². The highest BCUT2D eigenvalue weighted by atomic mass is 16.3. The van der Waals surface area contributed by atoms with Gasteiger partial charge in [-0.05, 0) is 59.6 Å². The van der Waals surface area contributed by atoms with E-state index >= 15 is 0 Å². The minimum atomic E-state index is -0.505. The molecule has 50 heavy (non-hydrogen) atoms. The quantitative estimate of drug-likeness (QED) is 0.186. The first-order chi connectivity index (χ1) is 28.1. The van der Waals surface area contributed by atoms with E-state index in [9.17, 15) is 0 Å². The van der Waals surface area contributed by atoms with Crippen molar-refractivity contribution in [2.75, 3.05) is 0 Å². The normalized spacial score (nSPS) is 13.8. The first-order valence-corrected chi connectivity index (χ1v) is 16.0. The SMILES string of the molecule is [2H]c1c([2H])c([2H])c2c(c1[2H])c1c([2H])c([2H])c([2H])c([2H])c1n2-c1cc(-c2ccccc2)cc(-c2nc(-c3ccccc3)nc(-c3ccc4c(c3)oc3ccccc34)n2)c1. The number of nitrogens with zero attached hydrogens (tertiary/aromatic N) is 4. The van der Waals surface area contributed by atoms with Crippen molar-refractivity contribution in [1.82, 2.24) is 19.5 Å². The number of hydrogen-bond acceptors (Lipinski definition) is 4. The van der Waals surface area contributed by atoms with Gasteiger partial charge in [0.25, 0.3) is 0 Å². The standard InChI is InChI=1S/C45H28N4O/c1-3-13-29(14-4-1)32-25-33(27-34(26-32)49-39-20-10-7-17-35(39)36-18-8-11-21-40(36)49)45-47-43(30-15-5-2-6-16-30)46-44(48-45)31-23-24-38-37-19-9-12-22-41(37)50-42(38)28-31/h1-28H/i7D,8D,10D,11D,17D,18D,20D,21D. The maximum atomic E-state index is 9.10. The van der Waals surface area contributed by atoms with Crippen LogP contribution in [0.25, 0.3) is 94.7 Å². The molecule has 10 aromatic rings. The zero-order chi connectivity index (χ0) is 40.0. The van der Waals surface area contributed by atoms with E-state index in [4.69, 9.17) is 30.3 Å². The molecule has 0 saturated carbocycles. The third kappa shape index (κ3) is 4.67. The lowest BCUT2D eigenvalue weighted by atomic mass is 10.0. The molecule has 0 aliphatic carbocycles. The smallest absolute Gasteiger partial charge is 0.164 e. The van der Waals surface area contributed by atoms with Gasteiger partial charge in [0, 0.05) is 43.9 Å². The Morgan fingerprint density at radius 1 is 0.420 bits per heavy atom. The van der Waals surface area contributed by atoms with Crippen molar-refractivity contribution in [1.29, 1.82) is 0 Å². The van der Waals surface area contributed by atoms with Crippen molar-refractivity contribution < 1.29 is 15.4 Å². The van der Waals surface area contributed by atoms with Crippen molar-refractivity contribution >= 4 is 43.7 Å². The summed E-state index contributed by atoms with van der Waals surface area (Å²) in [7, 11) is 0. The van der Waals surface area contributed by atoms with E-state index in [0.29, 0.717) is 45.4 Å². The fourth-order valence-corrected chi connectivity index (χ4v) is 6.56. The molecule has 0 fully saturated rings. The molecule has 0 radical (unpaired) electrons. The molecule has 0 aliphatic rings. The minimum Gasteiger partial charge on any atom is -0.456 e. The van der Waals surface area contributed by atoms with Crippen LogP contribution in [0.3, 0.4) is 0 Å². The molecule has 0 amide bonds. The average molecular weight is 649 g/mol. The van der Waals surface area contributed by atoms with Crippen LogP contribution in [0.4, 0.5) is 0 Å². The van der Waals surface area contributed by atoms with Crippen LogP contribution in [0, 0.1) is 0 Å². The third-order valence-corrected chi connectivity index (χ3v) is 8.88. The lowest BCUT2D eigenvalue weighted by Crippen LogP contribution is -2.01. The summed E-state index contributed by atoms with van der Waals surface area (Å²) in [5, 5.41) is 1.94. The maximum absolute atomic E-state index is 9.10. The molecule has 234 valence electrons. The predicted octanol–water partition coefficient (Wildman–Crippen LogP) is 11.5. The molecule has 0 atom stereocenters. The van der Waals surface area contributed by atoms with Crippen LogP contribution in [0.1, 0.15) is 11.0 Å².